The predicted octanol–water partition coefficient (Wildman–Crippen LogP) is 2.18. The first kappa shape index (κ1) is 14.1. The molecule has 1 atom stereocenters. The fraction of sp³-hybridized carbons (Fsp3) is 0.714. The van der Waals surface area contributed by atoms with E-state index in [1.54, 1.807) is 12.5 Å². The third-order valence-corrected chi connectivity index (χ3v) is 3.66. The third kappa shape index (κ3) is 5.03. The van der Waals surface area contributed by atoms with Crippen LogP contribution in [0.2, 0.25) is 0 Å². The van der Waals surface area contributed by atoms with Crippen molar-refractivity contribution in [1.29, 1.82) is 0 Å². The van der Waals surface area contributed by atoms with Crippen LogP contribution >= 0.6 is 0 Å². The second kappa shape index (κ2) is 7.28. The highest BCUT2D eigenvalue weighted by Gasteiger charge is 2.21. The molecule has 1 saturated heterocycles. The number of likely N-dealkylation sites (tertiary alicyclic amines) is 1. The van der Waals surface area contributed by atoms with Crippen molar-refractivity contribution in [1.82, 2.24) is 9.88 Å². The van der Waals surface area contributed by atoms with Gasteiger partial charge in [-0.05, 0) is 44.7 Å². The van der Waals surface area contributed by atoms with Gasteiger partial charge in [0.25, 0.3) is 0 Å². The summed E-state index contributed by atoms with van der Waals surface area (Å²) in [6.45, 7) is 3.09. The van der Waals surface area contributed by atoms with Crippen LogP contribution in [0.5, 0.6) is 0 Å². The highest BCUT2D eigenvalue weighted by molar-refractivity contribution is 5.67. The van der Waals surface area contributed by atoms with E-state index in [0.717, 1.165) is 57.6 Å². The van der Waals surface area contributed by atoms with E-state index in [9.17, 15) is 4.79 Å². The van der Waals surface area contributed by atoms with Gasteiger partial charge >= 0.3 is 5.97 Å². The van der Waals surface area contributed by atoms with Gasteiger partial charge in [-0.1, -0.05) is 0 Å². The molecule has 0 saturated carbocycles. The number of aromatic nitrogens is 1. The highest BCUT2D eigenvalue weighted by atomic mass is 16.4. The number of carbonyl (C=O) groups is 1. The average molecular weight is 266 g/mol. The standard InChI is InChI=1S/C14H22N2O3/c17-14(18)10-12-4-3-8-16(11-12)7-2-1-5-13-15-6-9-19-13/h6,9,12H,1-5,7-8,10-11H2,(H,17,18). The molecule has 0 amide bonds. The van der Waals surface area contributed by atoms with Crippen molar-refractivity contribution in [3.8, 4) is 0 Å². The van der Waals surface area contributed by atoms with Crippen LogP contribution in [-0.4, -0.2) is 40.6 Å². The summed E-state index contributed by atoms with van der Waals surface area (Å²) >= 11 is 0. The Morgan fingerprint density at radius 1 is 1.53 bits per heavy atom. The largest absolute Gasteiger partial charge is 0.481 e. The number of piperidine rings is 1. The minimum absolute atomic E-state index is 0.312. The molecule has 0 spiro atoms. The summed E-state index contributed by atoms with van der Waals surface area (Å²) in [7, 11) is 0. The maximum atomic E-state index is 10.7. The zero-order valence-corrected chi connectivity index (χ0v) is 11.3. The Balaban J connectivity index is 1.61. The lowest BCUT2D eigenvalue weighted by molar-refractivity contribution is -0.138. The first-order chi connectivity index (χ1) is 9.24. The Morgan fingerprint density at radius 3 is 3.16 bits per heavy atom. The molecule has 1 aliphatic rings. The van der Waals surface area contributed by atoms with Crippen molar-refractivity contribution < 1.29 is 14.3 Å². The molecule has 2 heterocycles. The van der Waals surface area contributed by atoms with E-state index in [1.807, 2.05) is 0 Å². The molecule has 5 heteroatoms. The molecule has 0 radical (unpaired) electrons. The Kier molecular flexibility index (Phi) is 5.39. The topological polar surface area (TPSA) is 66.6 Å². The smallest absolute Gasteiger partial charge is 0.303 e. The van der Waals surface area contributed by atoms with Gasteiger partial charge in [-0.15, -0.1) is 0 Å². The fourth-order valence-corrected chi connectivity index (χ4v) is 2.76. The van der Waals surface area contributed by atoms with E-state index in [2.05, 4.69) is 9.88 Å². The molecular weight excluding hydrogens is 244 g/mol. The molecule has 1 unspecified atom stereocenters. The summed E-state index contributed by atoms with van der Waals surface area (Å²) in [5.74, 6) is 0.469. The summed E-state index contributed by atoms with van der Waals surface area (Å²) in [5.41, 5.74) is 0. The number of rotatable bonds is 7. The maximum absolute atomic E-state index is 10.7. The number of oxazole rings is 1. The first-order valence-electron chi connectivity index (χ1n) is 7.06. The zero-order valence-electron chi connectivity index (χ0n) is 11.3. The van der Waals surface area contributed by atoms with E-state index in [1.165, 1.54) is 0 Å². The second-order valence-corrected chi connectivity index (χ2v) is 5.29. The third-order valence-electron chi connectivity index (χ3n) is 3.66. The minimum atomic E-state index is -0.671. The molecule has 1 aliphatic heterocycles. The molecular formula is C14H22N2O3. The number of hydrogen-bond donors (Lipinski definition) is 1. The number of nitrogens with zero attached hydrogens (tertiary/aromatic N) is 2. The highest BCUT2D eigenvalue weighted by Crippen LogP contribution is 2.20. The SMILES string of the molecule is O=C(O)CC1CCCN(CCCCc2ncco2)C1. The summed E-state index contributed by atoms with van der Waals surface area (Å²) in [6, 6.07) is 0. The van der Waals surface area contributed by atoms with Crippen molar-refractivity contribution >= 4 is 5.97 Å². The number of hydrogen-bond acceptors (Lipinski definition) is 4. The van der Waals surface area contributed by atoms with Crippen LogP contribution in [-0.2, 0) is 11.2 Å². The Labute approximate surface area is 113 Å². The van der Waals surface area contributed by atoms with Crippen LogP contribution in [0.3, 0.4) is 0 Å². The van der Waals surface area contributed by atoms with Crippen molar-refractivity contribution in [3.05, 3.63) is 18.4 Å². The molecule has 1 fully saturated rings. The predicted molar refractivity (Wildman–Crippen MR) is 70.9 cm³/mol. The van der Waals surface area contributed by atoms with Gasteiger partial charge in [0.2, 0.25) is 0 Å². The van der Waals surface area contributed by atoms with E-state index in [0.29, 0.717) is 12.3 Å². The van der Waals surface area contributed by atoms with Crippen LogP contribution in [0.4, 0.5) is 0 Å². The van der Waals surface area contributed by atoms with E-state index >= 15 is 0 Å². The molecule has 5 nitrogen and oxygen atoms in total. The maximum Gasteiger partial charge on any atom is 0.303 e. The number of unbranched alkanes of at least 4 members (excludes halogenated alkanes) is 1. The molecule has 106 valence electrons. The van der Waals surface area contributed by atoms with Crippen LogP contribution in [0.15, 0.2) is 16.9 Å². The minimum Gasteiger partial charge on any atom is -0.481 e. The van der Waals surface area contributed by atoms with Crippen LogP contribution in [0.25, 0.3) is 0 Å². The van der Waals surface area contributed by atoms with Crippen molar-refractivity contribution in [2.45, 2.75) is 38.5 Å². The van der Waals surface area contributed by atoms with Crippen molar-refractivity contribution in [2.75, 3.05) is 19.6 Å². The van der Waals surface area contributed by atoms with Crippen LogP contribution in [0, 0.1) is 5.92 Å². The van der Waals surface area contributed by atoms with Gasteiger partial charge in [-0.2, -0.15) is 0 Å². The lowest BCUT2D eigenvalue weighted by atomic mass is 9.95. The first-order valence-corrected chi connectivity index (χ1v) is 7.06. The Hall–Kier alpha value is -1.36. The van der Waals surface area contributed by atoms with Gasteiger partial charge < -0.3 is 14.4 Å². The van der Waals surface area contributed by atoms with Crippen LogP contribution < -0.4 is 0 Å². The van der Waals surface area contributed by atoms with Gasteiger partial charge in [0.1, 0.15) is 6.26 Å². The zero-order chi connectivity index (χ0) is 13.5. The molecule has 19 heavy (non-hydrogen) atoms. The van der Waals surface area contributed by atoms with Gasteiger partial charge in [-0.3, -0.25) is 4.79 Å². The van der Waals surface area contributed by atoms with Gasteiger partial charge in [-0.25, -0.2) is 4.98 Å². The van der Waals surface area contributed by atoms with E-state index in [4.69, 9.17) is 9.52 Å². The summed E-state index contributed by atoms with van der Waals surface area (Å²) in [4.78, 5) is 17.2. The fourth-order valence-electron chi connectivity index (χ4n) is 2.76. The average Bonchev–Trinajstić information content (AvgIpc) is 2.87. The number of aryl methyl sites for hydroxylation is 1. The second-order valence-electron chi connectivity index (χ2n) is 5.29. The van der Waals surface area contributed by atoms with E-state index < -0.39 is 5.97 Å². The molecule has 0 bridgehead atoms. The number of carboxylic acids is 1. The monoisotopic (exact) mass is 266 g/mol. The molecule has 1 N–H and O–H groups in total. The lowest BCUT2D eigenvalue weighted by Gasteiger charge is -2.31. The molecule has 0 aliphatic carbocycles. The lowest BCUT2D eigenvalue weighted by Crippen LogP contribution is -2.36. The Bertz CT molecular complexity index is 378. The van der Waals surface area contributed by atoms with Crippen LogP contribution in [0.1, 0.15) is 38.0 Å². The molecule has 0 aromatic carbocycles. The summed E-state index contributed by atoms with van der Waals surface area (Å²) in [5, 5.41) is 8.84. The van der Waals surface area contributed by atoms with Crippen molar-refractivity contribution in [2.24, 2.45) is 5.92 Å². The van der Waals surface area contributed by atoms with Gasteiger partial charge in [0.05, 0.1) is 6.20 Å². The van der Waals surface area contributed by atoms with Gasteiger partial charge in [0.15, 0.2) is 5.89 Å². The summed E-state index contributed by atoms with van der Waals surface area (Å²) in [6.07, 6.45) is 8.85. The van der Waals surface area contributed by atoms with E-state index in [-0.39, 0.29) is 0 Å². The normalized spacial score (nSPS) is 20.5. The molecule has 1 aromatic rings. The molecule has 2 rings (SSSR count). The quantitative estimate of drug-likeness (QED) is 0.766. The van der Waals surface area contributed by atoms with Crippen molar-refractivity contribution in [3.63, 3.8) is 0 Å². The Morgan fingerprint density at radius 2 is 2.42 bits per heavy atom. The number of aliphatic carboxylic acids is 1. The number of carboxylic acid groups (broad SMARTS) is 1. The summed E-state index contributed by atoms with van der Waals surface area (Å²) < 4.78 is 5.20. The van der Waals surface area contributed by atoms with Gasteiger partial charge in [0, 0.05) is 19.4 Å². The molecule has 1 aromatic heterocycles.